The van der Waals surface area contributed by atoms with E-state index in [1.54, 1.807) is 0 Å². The largest absolute Gasteiger partial charge is 0.381 e. The molecule has 0 bridgehead atoms. The van der Waals surface area contributed by atoms with Crippen molar-refractivity contribution >= 4 is 5.69 Å². The van der Waals surface area contributed by atoms with Crippen LogP contribution in [0.3, 0.4) is 0 Å². The number of benzene rings is 1. The highest BCUT2D eigenvalue weighted by Crippen LogP contribution is 2.38. The van der Waals surface area contributed by atoms with Crippen molar-refractivity contribution in [2.24, 2.45) is 11.7 Å². The Balaban J connectivity index is 2.03. The Morgan fingerprint density at radius 1 is 1.38 bits per heavy atom. The van der Waals surface area contributed by atoms with Crippen LogP contribution in [0.15, 0.2) is 18.2 Å². The van der Waals surface area contributed by atoms with Crippen molar-refractivity contribution in [3.63, 3.8) is 0 Å². The summed E-state index contributed by atoms with van der Waals surface area (Å²) in [7, 11) is 0. The molecular formula is C13H19N3. The van der Waals surface area contributed by atoms with Crippen LogP contribution in [0, 0.1) is 12.8 Å². The molecule has 0 aliphatic carbocycles. The first kappa shape index (κ1) is 10.1. The predicted molar refractivity (Wildman–Crippen MR) is 66.5 cm³/mol. The summed E-state index contributed by atoms with van der Waals surface area (Å²) in [5.41, 5.74) is 10.3. The molecule has 1 fully saturated rings. The van der Waals surface area contributed by atoms with Crippen LogP contribution in [0.2, 0.25) is 0 Å². The van der Waals surface area contributed by atoms with Crippen LogP contribution in [-0.4, -0.2) is 19.1 Å². The molecule has 1 aromatic carbocycles. The van der Waals surface area contributed by atoms with Crippen LogP contribution in [-0.2, 0) is 0 Å². The summed E-state index contributed by atoms with van der Waals surface area (Å²) < 4.78 is 0. The summed E-state index contributed by atoms with van der Waals surface area (Å²) in [6, 6.07) is 7.13. The first-order valence-corrected chi connectivity index (χ1v) is 6.09. The fourth-order valence-electron chi connectivity index (χ4n) is 3.02. The number of hydrogen-bond donors (Lipinski definition) is 3. The van der Waals surface area contributed by atoms with Gasteiger partial charge in [0.05, 0.1) is 0 Å². The second kappa shape index (κ2) is 3.75. The molecule has 3 heteroatoms. The molecule has 0 spiro atoms. The number of para-hydroxylation sites is 1. The average Bonchev–Trinajstić information content (AvgIpc) is 2.31. The van der Waals surface area contributed by atoms with E-state index in [-0.39, 0.29) is 6.04 Å². The highest BCUT2D eigenvalue weighted by Gasteiger charge is 2.36. The maximum absolute atomic E-state index is 6.39. The SMILES string of the molecule is Cc1cccc2c1NC1CCNCC1C2N. The lowest BCUT2D eigenvalue weighted by molar-refractivity contribution is 0.288. The molecular weight excluding hydrogens is 198 g/mol. The van der Waals surface area contributed by atoms with E-state index in [1.807, 2.05) is 0 Å². The number of fused-ring (bicyclic) bond motifs is 2. The van der Waals surface area contributed by atoms with Crippen LogP contribution in [0.5, 0.6) is 0 Å². The Bertz CT molecular complexity index is 402. The number of rotatable bonds is 0. The quantitative estimate of drug-likeness (QED) is 0.615. The summed E-state index contributed by atoms with van der Waals surface area (Å²) in [6.45, 7) is 4.29. The number of aryl methyl sites for hydroxylation is 1. The van der Waals surface area contributed by atoms with Crippen molar-refractivity contribution in [1.29, 1.82) is 0 Å². The monoisotopic (exact) mass is 217 g/mol. The van der Waals surface area contributed by atoms with Gasteiger partial charge in [-0.15, -0.1) is 0 Å². The minimum absolute atomic E-state index is 0.175. The highest BCUT2D eigenvalue weighted by atomic mass is 15.0. The Hall–Kier alpha value is -1.06. The van der Waals surface area contributed by atoms with Gasteiger partial charge >= 0.3 is 0 Å². The smallest absolute Gasteiger partial charge is 0.0420 e. The van der Waals surface area contributed by atoms with E-state index in [0.717, 1.165) is 13.1 Å². The van der Waals surface area contributed by atoms with Crippen LogP contribution in [0.25, 0.3) is 0 Å². The van der Waals surface area contributed by atoms with Gasteiger partial charge in [0.15, 0.2) is 0 Å². The second-order valence-corrected chi connectivity index (χ2v) is 4.97. The normalized spacial score (nSPS) is 32.5. The molecule has 2 heterocycles. The molecule has 3 rings (SSSR count). The van der Waals surface area contributed by atoms with E-state index in [9.17, 15) is 0 Å². The molecule has 2 aliphatic rings. The summed E-state index contributed by atoms with van der Waals surface area (Å²) in [6.07, 6.45) is 1.17. The molecule has 1 aromatic rings. The van der Waals surface area contributed by atoms with Gasteiger partial charge < -0.3 is 16.4 Å². The predicted octanol–water partition coefficient (Wildman–Crippen LogP) is 1.40. The number of nitrogens with one attached hydrogen (secondary N) is 2. The van der Waals surface area contributed by atoms with Gasteiger partial charge in [-0.3, -0.25) is 0 Å². The third-order valence-electron chi connectivity index (χ3n) is 3.98. The Morgan fingerprint density at radius 2 is 2.25 bits per heavy atom. The summed E-state index contributed by atoms with van der Waals surface area (Å²) in [4.78, 5) is 0. The first-order valence-electron chi connectivity index (χ1n) is 6.09. The van der Waals surface area contributed by atoms with Gasteiger partial charge in [-0.25, -0.2) is 0 Å². The van der Waals surface area contributed by atoms with Crippen molar-refractivity contribution in [2.75, 3.05) is 18.4 Å². The highest BCUT2D eigenvalue weighted by molar-refractivity contribution is 5.61. The minimum atomic E-state index is 0.175. The number of nitrogens with two attached hydrogens (primary N) is 1. The molecule has 0 saturated carbocycles. The molecule has 3 atom stereocenters. The van der Waals surface area contributed by atoms with Gasteiger partial charge in [0.1, 0.15) is 0 Å². The molecule has 0 amide bonds. The van der Waals surface area contributed by atoms with E-state index >= 15 is 0 Å². The van der Waals surface area contributed by atoms with E-state index in [2.05, 4.69) is 35.8 Å². The lowest BCUT2D eigenvalue weighted by Crippen LogP contribution is -2.51. The first-order chi connectivity index (χ1) is 7.77. The Morgan fingerprint density at radius 3 is 3.12 bits per heavy atom. The van der Waals surface area contributed by atoms with Crippen LogP contribution in [0.4, 0.5) is 5.69 Å². The zero-order chi connectivity index (χ0) is 11.1. The molecule has 0 radical (unpaired) electrons. The zero-order valence-electron chi connectivity index (χ0n) is 9.66. The van der Waals surface area contributed by atoms with Crippen LogP contribution < -0.4 is 16.4 Å². The summed E-state index contributed by atoms with van der Waals surface area (Å²) in [5.74, 6) is 0.531. The van der Waals surface area contributed by atoms with Gasteiger partial charge in [-0.2, -0.15) is 0 Å². The molecule has 16 heavy (non-hydrogen) atoms. The maximum Gasteiger partial charge on any atom is 0.0420 e. The van der Waals surface area contributed by atoms with E-state index in [1.165, 1.54) is 23.2 Å². The van der Waals surface area contributed by atoms with E-state index < -0.39 is 0 Å². The lowest BCUT2D eigenvalue weighted by Gasteiger charge is -2.42. The number of hydrogen-bond acceptors (Lipinski definition) is 3. The standard InChI is InChI=1S/C13H19N3/c1-8-3-2-4-9-12(14)10-7-15-6-5-11(10)16-13(8)9/h2-4,10-12,15-16H,5-7,14H2,1H3. The van der Waals surface area contributed by atoms with Gasteiger partial charge in [0, 0.05) is 30.2 Å². The topological polar surface area (TPSA) is 50.1 Å². The second-order valence-electron chi connectivity index (χ2n) is 4.97. The third kappa shape index (κ3) is 1.43. The zero-order valence-corrected chi connectivity index (χ0v) is 9.66. The Labute approximate surface area is 96.4 Å². The molecule has 1 saturated heterocycles. The molecule has 3 unspecified atom stereocenters. The van der Waals surface area contributed by atoms with E-state index in [4.69, 9.17) is 5.73 Å². The fourth-order valence-corrected chi connectivity index (χ4v) is 3.02. The fraction of sp³-hybridized carbons (Fsp3) is 0.538. The third-order valence-corrected chi connectivity index (χ3v) is 3.98. The van der Waals surface area contributed by atoms with Gasteiger partial charge in [-0.05, 0) is 31.0 Å². The maximum atomic E-state index is 6.39. The minimum Gasteiger partial charge on any atom is -0.381 e. The molecule has 0 aromatic heterocycles. The molecule has 3 nitrogen and oxygen atoms in total. The van der Waals surface area contributed by atoms with Crippen LogP contribution in [0.1, 0.15) is 23.6 Å². The summed E-state index contributed by atoms with van der Waals surface area (Å²) >= 11 is 0. The van der Waals surface area contributed by atoms with Gasteiger partial charge in [-0.1, -0.05) is 18.2 Å². The number of piperidine rings is 1. The van der Waals surface area contributed by atoms with Crippen molar-refractivity contribution in [1.82, 2.24) is 5.32 Å². The summed E-state index contributed by atoms with van der Waals surface area (Å²) in [5, 5.41) is 7.12. The lowest BCUT2D eigenvalue weighted by atomic mass is 9.79. The van der Waals surface area contributed by atoms with Crippen molar-refractivity contribution in [3.8, 4) is 0 Å². The van der Waals surface area contributed by atoms with Gasteiger partial charge in [0.2, 0.25) is 0 Å². The van der Waals surface area contributed by atoms with Crippen molar-refractivity contribution in [2.45, 2.75) is 25.4 Å². The van der Waals surface area contributed by atoms with Gasteiger partial charge in [0.25, 0.3) is 0 Å². The number of anilines is 1. The van der Waals surface area contributed by atoms with E-state index in [0.29, 0.717) is 12.0 Å². The Kier molecular flexibility index (Phi) is 2.37. The van der Waals surface area contributed by atoms with Crippen molar-refractivity contribution in [3.05, 3.63) is 29.3 Å². The van der Waals surface area contributed by atoms with Crippen molar-refractivity contribution < 1.29 is 0 Å². The molecule has 86 valence electrons. The molecule has 2 aliphatic heterocycles. The average molecular weight is 217 g/mol. The molecule has 4 N–H and O–H groups in total. The van der Waals surface area contributed by atoms with Crippen LogP contribution >= 0.6 is 0 Å².